The Hall–Kier alpha value is -9.31. The van der Waals surface area contributed by atoms with Crippen LogP contribution in [-0.4, -0.2) is 156 Å². The molecule has 69 heavy (non-hydrogen) atoms. The number of hydrogen-bond donors (Lipinski definition) is 14. The topological polar surface area (TPSA) is 467 Å². The lowest BCUT2D eigenvalue weighted by Crippen LogP contribution is -2.63. The van der Waals surface area contributed by atoms with Gasteiger partial charge in [-0.2, -0.15) is 0 Å². The van der Waals surface area contributed by atoms with Crippen LogP contribution in [0.5, 0.6) is 69.0 Å². The summed E-state index contributed by atoms with van der Waals surface area (Å²) >= 11 is 0. The molecule has 4 aromatic carbocycles. The first kappa shape index (κ1) is 46.2. The summed E-state index contributed by atoms with van der Waals surface area (Å²) in [5, 5.41) is 148. The fourth-order valence-corrected chi connectivity index (χ4v) is 8.17. The molecule has 0 aromatic heterocycles. The van der Waals surface area contributed by atoms with Crippen molar-refractivity contribution in [3.8, 4) is 80.1 Å². The monoisotopic (exact) mass is 970 g/mol. The molecule has 0 amide bonds. The highest BCUT2D eigenvalue weighted by molar-refractivity contribution is 6.08. The molecule has 28 heteroatoms. The number of carboxylic acid groups (broad SMARTS) is 2. The standard InChI is InChI=1S/C41H30O28/c42-13-1-8(2-14(43)24(13)49)34(55)68-39-33-32-30(65-38(59)12(6-19(47)48)23-22-11(37(58)67-33)5-17(46)27(52)31(22)69-41(23,62)40(60)61)18(64-39)7-63-35(56)9-3-15(44)25(50)28(53)20(9)21-10(36(57)66-32)4-16(45)26(51)29(21)54/h1-5,12,18,23,30,32-33,39,42-46,49-54,62H,6-7H2,(H,47,48)(H,60,61)/t12-,18+,23-,30+,32-,33+,39-,41-/m0/s1. The molecular formula is C41H30O28. The van der Waals surface area contributed by atoms with Crippen molar-refractivity contribution in [1.29, 1.82) is 0 Å². The number of rotatable bonds is 5. The molecule has 1 saturated heterocycles. The van der Waals surface area contributed by atoms with Gasteiger partial charge in [0.15, 0.2) is 64.0 Å². The maximum absolute atomic E-state index is 14.6. The van der Waals surface area contributed by atoms with Gasteiger partial charge >= 0.3 is 47.6 Å². The number of fused-ring (bicyclic) bond motifs is 3. The summed E-state index contributed by atoms with van der Waals surface area (Å²) in [6.45, 7) is -1.36. The largest absolute Gasteiger partial charge is 0.504 e. The molecule has 0 spiro atoms. The van der Waals surface area contributed by atoms with Crippen LogP contribution in [0.1, 0.15) is 59.3 Å². The quantitative estimate of drug-likeness (QED) is 0.0704. The van der Waals surface area contributed by atoms with Gasteiger partial charge in [-0.05, 0) is 30.3 Å². The van der Waals surface area contributed by atoms with E-state index in [1.165, 1.54) is 0 Å². The lowest BCUT2D eigenvalue weighted by molar-refractivity contribution is -0.287. The highest BCUT2D eigenvalue weighted by Gasteiger charge is 2.64. The molecule has 4 heterocycles. The zero-order valence-electron chi connectivity index (χ0n) is 33.8. The molecule has 8 atom stereocenters. The summed E-state index contributed by atoms with van der Waals surface area (Å²) in [7, 11) is 0. The number of aliphatic hydroxyl groups is 1. The third kappa shape index (κ3) is 7.30. The Balaban J connectivity index is 1.40. The summed E-state index contributed by atoms with van der Waals surface area (Å²) in [5.74, 6) is -38.0. The van der Waals surface area contributed by atoms with Crippen LogP contribution in [0.15, 0.2) is 30.3 Å². The van der Waals surface area contributed by atoms with Gasteiger partial charge in [0.1, 0.15) is 12.7 Å². The highest BCUT2D eigenvalue weighted by atomic mass is 16.7. The maximum atomic E-state index is 14.6. The van der Waals surface area contributed by atoms with Crippen molar-refractivity contribution in [1.82, 2.24) is 0 Å². The van der Waals surface area contributed by atoms with E-state index in [9.17, 15) is 105 Å². The maximum Gasteiger partial charge on any atom is 0.377 e. The molecule has 0 saturated carbocycles. The van der Waals surface area contributed by atoms with E-state index in [0.717, 1.165) is 0 Å². The van der Waals surface area contributed by atoms with E-state index in [0.29, 0.717) is 30.3 Å². The second-order valence-corrected chi connectivity index (χ2v) is 15.4. The van der Waals surface area contributed by atoms with Gasteiger partial charge in [-0.1, -0.05) is 0 Å². The van der Waals surface area contributed by atoms with E-state index < -0.39 is 211 Å². The van der Waals surface area contributed by atoms with Crippen molar-refractivity contribution in [2.75, 3.05) is 6.61 Å². The van der Waals surface area contributed by atoms with Crippen molar-refractivity contribution in [3.63, 3.8) is 0 Å². The predicted octanol–water partition coefficient (Wildman–Crippen LogP) is -0.116. The summed E-state index contributed by atoms with van der Waals surface area (Å²) in [6, 6.07) is 2.20. The first-order valence-corrected chi connectivity index (χ1v) is 19.3. The number of aromatic hydroxyl groups is 11. The molecule has 0 radical (unpaired) electrons. The number of ether oxygens (including phenoxy) is 7. The number of phenolic OH excluding ortho intramolecular Hbond substituents is 11. The van der Waals surface area contributed by atoms with Crippen molar-refractivity contribution in [2.24, 2.45) is 5.92 Å². The second-order valence-electron chi connectivity index (χ2n) is 15.4. The Morgan fingerprint density at radius 3 is 1.68 bits per heavy atom. The molecular weight excluding hydrogens is 940 g/mol. The first-order valence-electron chi connectivity index (χ1n) is 19.3. The van der Waals surface area contributed by atoms with Crippen LogP contribution in [0.25, 0.3) is 11.1 Å². The van der Waals surface area contributed by atoms with Crippen molar-refractivity contribution < 1.29 is 138 Å². The van der Waals surface area contributed by atoms with Crippen molar-refractivity contribution in [3.05, 3.63) is 58.1 Å². The molecule has 14 N–H and O–H groups in total. The van der Waals surface area contributed by atoms with E-state index in [-0.39, 0.29) is 0 Å². The summed E-state index contributed by atoms with van der Waals surface area (Å²) in [6.07, 6.45) is -14.2. The van der Waals surface area contributed by atoms with E-state index in [2.05, 4.69) is 0 Å². The zero-order chi connectivity index (χ0) is 50.5. The predicted molar refractivity (Wildman–Crippen MR) is 207 cm³/mol. The van der Waals surface area contributed by atoms with Crippen LogP contribution in [0, 0.1) is 5.92 Å². The molecule has 1 fully saturated rings. The third-order valence-corrected chi connectivity index (χ3v) is 11.3. The molecule has 0 aliphatic carbocycles. The number of carbonyl (C=O) groups is 7. The Bertz CT molecular complexity index is 2950. The van der Waals surface area contributed by atoms with Gasteiger partial charge in [0, 0.05) is 16.7 Å². The number of aliphatic carboxylic acids is 2. The minimum atomic E-state index is -3.81. The van der Waals surface area contributed by atoms with Crippen LogP contribution in [-0.2, 0) is 42.8 Å². The SMILES string of the molecule is O=C(O)C[C@@H]1C(=O)O[C@H]2[C@@H]3OC(=O)c4cc(O)c(O)c(O)c4-c4c(cc(O)c(O)c4O)C(=O)OC[C@H]2O[C@@H](OC(=O)c2cc(O)c(O)c(O)c2)[C@@H]3OC(=O)c2cc(O)c(O)c3c2[C@H]1[C@@](O)(C(=O)O)O3. The summed E-state index contributed by atoms with van der Waals surface area (Å²) < 4.78 is 38.8. The number of cyclic esters (lactones) is 1. The molecule has 28 nitrogen and oxygen atoms in total. The minimum Gasteiger partial charge on any atom is -0.504 e. The van der Waals surface area contributed by atoms with Gasteiger partial charge in [0.2, 0.25) is 29.6 Å². The average Bonchev–Trinajstić information content (AvgIpc) is 3.60. The van der Waals surface area contributed by atoms with Gasteiger partial charge in [-0.25, -0.2) is 24.0 Å². The Labute approximate surface area is 379 Å². The summed E-state index contributed by atoms with van der Waals surface area (Å²) in [4.78, 5) is 96.7. The van der Waals surface area contributed by atoms with Gasteiger partial charge in [0.25, 0.3) is 0 Å². The number of hydrogen-bond acceptors (Lipinski definition) is 26. The van der Waals surface area contributed by atoms with Crippen molar-refractivity contribution in [2.45, 2.75) is 48.8 Å². The van der Waals surface area contributed by atoms with Crippen LogP contribution < -0.4 is 4.74 Å². The number of esters is 5. The van der Waals surface area contributed by atoms with Crippen LogP contribution in [0.3, 0.4) is 0 Å². The zero-order valence-corrected chi connectivity index (χ0v) is 33.8. The van der Waals surface area contributed by atoms with E-state index in [1.54, 1.807) is 0 Å². The fourth-order valence-electron chi connectivity index (χ4n) is 8.17. The third-order valence-electron chi connectivity index (χ3n) is 11.3. The van der Waals surface area contributed by atoms with Gasteiger partial charge in [-0.15, -0.1) is 0 Å². The molecule has 4 bridgehead atoms. The molecule has 362 valence electrons. The van der Waals surface area contributed by atoms with Gasteiger partial charge < -0.3 is 105 Å². The molecule has 4 aromatic rings. The molecule has 0 unspecified atom stereocenters. The van der Waals surface area contributed by atoms with Crippen LogP contribution >= 0.6 is 0 Å². The number of carbonyl (C=O) groups excluding carboxylic acids is 5. The highest BCUT2D eigenvalue weighted by Crippen LogP contribution is 2.58. The number of phenols is 11. The molecule has 8 rings (SSSR count). The van der Waals surface area contributed by atoms with E-state index in [1.807, 2.05) is 0 Å². The van der Waals surface area contributed by atoms with Crippen molar-refractivity contribution >= 4 is 41.8 Å². The normalized spacial score (nSPS) is 24.9. The first-order chi connectivity index (χ1) is 32.4. The Kier molecular flexibility index (Phi) is 10.9. The number of carboxylic acids is 2. The molecule has 4 aliphatic heterocycles. The van der Waals surface area contributed by atoms with Crippen LogP contribution in [0.4, 0.5) is 0 Å². The van der Waals surface area contributed by atoms with Gasteiger partial charge in [0.05, 0.1) is 40.5 Å². The average molecular weight is 971 g/mol. The van der Waals surface area contributed by atoms with Gasteiger partial charge in [-0.3, -0.25) is 9.59 Å². The second kappa shape index (κ2) is 16.2. The summed E-state index contributed by atoms with van der Waals surface area (Å²) in [5.41, 5.74) is -7.49. The van der Waals surface area contributed by atoms with Crippen LogP contribution in [0.2, 0.25) is 0 Å². The minimum absolute atomic E-state index is 0.338. The lowest BCUT2D eigenvalue weighted by Gasteiger charge is -2.44. The Morgan fingerprint density at radius 2 is 1.12 bits per heavy atom. The van der Waals surface area contributed by atoms with E-state index in [4.69, 9.17) is 33.2 Å². The van der Waals surface area contributed by atoms with E-state index >= 15 is 0 Å². The Morgan fingerprint density at radius 1 is 0.609 bits per heavy atom. The molecule has 4 aliphatic rings. The number of benzene rings is 4. The smallest absolute Gasteiger partial charge is 0.377 e. The lowest BCUT2D eigenvalue weighted by atomic mass is 9.77. The fraction of sp³-hybridized carbons (Fsp3) is 0.244.